The Labute approximate surface area is 204 Å². The Morgan fingerprint density at radius 2 is 1.29 bits per heavy atom. The predicted molar refractivity (Wildman–Crippen MR) is 133 cm³/mol. The van der Waals surface area contributed by atoms with Crippen molar-refractivity contribution in [2.24, 2.45) is 0 Å². The molecule has 0 aliphatic heterocycles. The first-order chi connectivity index (χ1) is 14.6. The first kappa shape index (κ1) is 27.6. The van der Waals surface area contributed by atoms with E-state index in [0.29, 0.717) is 5.92 Å². The quantitative estimate of drug-likeness (QED) is 0.172. The molecule has 0 heterocycles. The fourth-order valence-corrected chi connectivity index (χ4v) is 3.66. The molecule has 2 atom stereocenters. The standard InChI is InChI=1S/C27H32N.CH3.ClH.Ru/c1-21(2)24-18-16-23(17-19-24)11-10-20-28-27(26-14-8-5-9-15-26)22(3)25-12-6-4-7-13-25;;;/h4-9,12-19,21-22,27-28H,3,10-11,20H2,1-2H3;1H3;1H;/q2*-1;;+4/p-1/t22-,27+;;;/m1.../s1. The summed E-state index contributed by atoms with van der Waals surface area (Å²) in [6, 6.07) is 30.6. The first-order valence-electron chi connectivity index (χ1n) is 10.5. The summed E-state index contributed by atoms with van der Waals surface area (Å²) < 4.78 is 0. The van der Waals surface area contributed by atoms with Gasteiger partial charge in [0.2, 0.25) is 0 Å². The summed E-state index contributed by atoms with van der Waals surface area (Å²) in [7, 11) is 4.57. The molecule has 0 aliphatic carbocycles. The van der Waals surface area contributed by atoms with Gasteiger partial charge in [-0.2, -0.15) is 0 Å². The van der Waals surface area contributed by atoms with Gasteiger partial charge in [-0.3, -0.25) is 0 Å². The second-order valence-corrected chi connectivity index (χ2v) is 7.86. The summed E-state index contributed by atoms with van der Waals surface area (Å²) >= 11 is 1.82. The van der Waals surface area contributed by atoms with Crippen LogP contribution in [-0.2, 0) is 23.7 Å². The van der Waals surface area contributed by atoms with Crippen molar-refractivity contribution in [3.63, 3.8) is 0 Å². The summed E-state index contributed by atoms with van der Waals surface area (Å²) in [5, 5.41) is 3.77. The van der Waals surface area contributed by atoms with E-state index in [-0.39, 0.29) is 19.4 Å². The van der Waals surface area contributed by atoms with Crippen LogP contribution in [0.1, 0.15) is 60.4 Å². The number of aryl methyl sites for hydroxylation is 1. The Hall–Kier alpha value is -1.47. The van der Waals surface area contributed by atoms with Gasteiger partial charge in [0.05, 0.1) is 0 Å². The minimum absolute atomic E-state index is 0. The van der Waals surface area contributed by atoms with Crippen LogP contribution in [0.3, 0.4) is 0 Å². The Bertz CT molecular complexity index is 819. The van der Waals surface area contributed by atoms with Gasteiger partial charge in [-0.1, -0.05) is 104 Å². The Morgan fingerprint density at radius 3 is 1.81 bits per heavy atom. The molecule has 3 heteroatoms. The van der Waals surface area contributed by atoms with Gasteiger partial charge < -0.3 is 19.7 Å². The van der Waals surface area contributed by atoms with E-state index in [1.165, 1.54) is 22.3 Å². The third-order valence-corrected chi connectivity index (χ3v) is 5.44. The average Bonchev–Trinajstić information content (AvgIpc) is 2.81. The Morgan fingerprint density at radius 1 is 0.774 bits per heavy atom. The number of rotatable bonds is 9. The van der Waals surface area contributed by atoms with Gasteiger partial charge in [0.25, 0.3) is 0 Å². The van der Waals surface area contributed by atoms with E-state index < -0.39 is 0 Å². The van der Waals surface area contributed by atoms with Crippen LogP contribution in [0.2, 0.25) is 0 Å². The van der Waals surface area contributed by atoms with Crippen LogP contribution >= 0.6 is 9.69 Å². The van der Waals surface area contributed by atoms with Crippen molar-refractivity contribution in [2.75, 3.05) is 6.54 Å². The van der Waals surface area contributed by atoms with E-state index in [4.69, 9.17) is 0 Å². The second kappa shape index (κ2) is 15.4. The van der Waals surface area contributed by atoms with Gasteiger partial charge in [0, 0.05) is 6.04 Å². The van der Waals surface area contributed by atoms with E-state index in [1.54, 1.807) is 0 Å². The summed E-state index contributed by atoms with van der Waals surface area (Å²) in [4.78, 5) is 0. The minimum atomic E-state index is 0. The molecule has 31 heavy (non-hydrogen) atoms. The third kappa shape index (κ3) is 8.89. The second-order valence-electron chi connectivity index (χ2n) is 7.86. The average molecular weight is 522 g/mol. The van der Waals surface area contributed by atoms with Crippen molar-refractivity contribution in [1.29, 1.82) is 0 Å². The zero-order valence-electron chi connectivity index (χ0n) is 18.9. The van der Waals surface area contributed by atoms with Gasteiger partial charge in [-0.25, -0.2) is 0 Å². The molecule has 0 bridgehead atoms. The van der Waals surface area contributed by atoms with Crippen LogP contribution in [-0.4, -0.2) is 6.54 Å². The van der Waals surface area contributed by atoms with E-state index >= 15 is 0 Å². The maximum atomic E-state index is 4.57. The van der Waals surface area contributed by atoms with Crippen LogP contribution in [0.15, 0.2) is 84.9 Å². The molecule has 0 spiro atoms. The van der Waals surface area contributed by atoms with Gasteiger partial charge >= 0.3 is 27.0 Å². The molecule has 1 N–H and O–H groups in total. The predicted octanol–water partition coefficient (Wildman–Crippen LogP) is 7.83. The maximum absolute atomic E-state index is 4.57. The topological polar surface area (TPSA) is 12.0 Å². The molecule has 0 saturated heterocycles. The number of hydrogen-bond donors (Lipinski definition) is 1. The molecule has 3 rings (SSSR count). The number of hydrogen-bond acceptors (Lipinski definition) is 1. The Kier molecular flexibility index (Phi) is 13.7. The summed E-state index contributed by atoms with van der Waals surface area (Å²) in [6.07, 6.45) is 2.21. The van der Waals surface area contributed by atoms with E-state index in [1.807, 2.05) is 17.3 Å². The monoisotopic (exact) mass is 522 g/mol. The fraction of sp³-hybridized carbons (Fsp3) is 0.286. The summed E-state index contributed by atoms with van der Waals surface area (Å²) in [6.45, 7) is 9.94. The van der Waals surface area contributed by atoms with Crippen LogP contribution in [0.4, 0.5) is 0 Å². The molecule has 0 unspecified atom stereocenters. The molecule has 0 fully saturated rings. The van der Waals surface area contributed by atoms with Crippen molar-refractivity contribution in [3.8, 4) is 0 Å². The van der Waals surface area contributed by atoms with Gasteiger partial charge in [0.1, 0.15) is 0 Å². The molecule has 0 aliphatic rings. The van der Waals surface area contributed by atoms with Crippen molar-refractivity contribution >= 4 is 9.69 Å². The molecule has 0 radical (unpaired) electrons. The van der Waals surface area contributed by atoms with Crippen LogP contribution in [0.25, 0.3) is 0 Å². The SMILES string of the molecule is [CH2-][C@H](c1ccccc1)[C@H](NCCCc1ccc(C(C)C)cc1)c1ccccc1.[CH3-].[Cl][Ru+3]. The van der Waals surface area contributed by atoms with Crippen molar-refractivity contribution in [2.45, 2.75) is 44.6 Å². The van der Waals surface area contributed by atoms with Crippen LogP contribution in [0, 0.1) is 14.4 Å². The van der Waals surface area contributed by atoms with Crippen LogP contribution < -0.4 is 5.32 Å². The van der Waals surface area contributed by atoms with Gasteiger partial charge in [-0.15, -0.1) is 5.92 Å². The number of halogens is 1. The molecule has 1 nitrogen and oxygen atoms in total. The zero-order chi connectivity index (χ0) is 21.8. The molecule has 0 amide bonds. The van der Waals surface area contributed by atoms with Crippen molar-refractivity contribution in [1.82, 2.24) is 5.32 Å². The molecule has 3 aromatic carbocycles. The summed E-state index contributed by atoms with van der Waals surface area (Å²) in [5.74, 6) is 0.767. The Balaban J connectivity index is 0.00000156. The molecule has 0 aromatic heterocycles. The molecular weight excluding hydrogens is 487 g/mol. The van der Waals surface area contributed by atoms with E-state index in [2.05, 4.69) is 121 Å². The van der Waals surface area contributed by atoms with E-state index in [9.17, 15) is 0 Å². The van der Waals surface area contributed by atoms with Gasteiger partial charge in [-0.05, 0) is 42.0 Å². The molecular formula is C28H35ClNRu+. The number of nitrogens with one attached hydrogen (secondary N) is 1. The van der Waals surface area contributed by atoms with Crippen molar-refractivity contribution in [3.05, 3.63) is 122 Å². The van der Waals surface area contributed by atoms with Crippen molar-refractivity contribution < 1.29 is 17.3 Å². The fourth-order valence-electron chi connectivity index (χ4n) is 3.66. The first-order valence-corrected chi connectivity index (χ1v) is 12.8. The number of benzene rings is 3. The normalized spacial score (nSPS) is 12.3. The third-order valence-electron chi connectivity index (χ3n) is 5.44. The van der Waals surface area contributed by atoms with Crippen LogP contribution in [0.5, 0.6) is 0 Å². The molecule has 3 aromatic rings. The zero-order valence-corrected chi connectivity index (χ0v) is 21.4. The summed E-state index contributed by atoms with van der Waals surface area (Å²) in [5.41, 5.74) is 5.39. The molecule has 0 saturated carbocycles. The molecule has 166 valence electrons. The van der Waals surface area contributed by atoms with E-state index in [0.717, 1.165) is 19.4 Å². The van der Waals surface area contributed by atoms with Gasteiger partial charge in [0.15, 0.2) is 0 Å².